The number of methoxy groups -OCH3 is 1. The van der Waals surface area contributed by atoms with Gasteiger partial charge in [-0.15, -0.1) is 5.10 Å². The summed E-state index contributed by atoms with van der Waals surface area (Å²) >= 11 is 0. The molecule has 6 aromatic rings. The summed E-state index contributed by atoms with van der Waals surface area (Å²) in [5.41, 5.74) is 7.49. The molecule has 10 heteroatoms. The molecule has 0 saturated heterocycles. The number of hydrogen-bond acceptors (Lipinski definition) is 7. The molecule has 0 saturated carbocycles. The monoisotopic (exact) mass is 555 g/mol. The average molecular weight is 556 g/mol. The highest BCUT2D eigenvalue weighted by Crippen LogP contribution is 2.31. The van der Waals surface area contributed by atoms with Crippen LogP contribution in [0.5, 0.6) is 0 Å². The fourth-order valence-corrected chi connectivity index (χ4v) is 4.71. The van der Waals surface area contributed by atoms with Crippen molar-refractivity contribution in [3.63, 3.8) is 0 Å². The fraction of sp³-hybridized carbons (Fsp3) is 0.0625. The Bertz CT molecular complexity index is 1860. The molecule has 0 radical (unpaired) electrons. The molecule has 3 aromatic heterocycles. The number of pyridine rings is 2. The maximum absolute atomic E-state index is 14.2. The number of nitrogens with one attached hydrogen (secondary N) is 1. The van der Waals surface area contributed by atoms with Crippen LogP contribution in [0.2, 0.25) is 0 Å². The summed E-state index contributed by atoms with van der Waals surface area (Å²) in [4.78, 5) is 36.4. The van der Waals surface area contributed by atoms with E-state index in [1.165, 1.54) is 7.11 Å². The lowest BCUT2D eigenvalue weighted by molar-refractivity contribution is 0.0941. The zero-order valence-electron chi connectivity index (χ0n) is 22.6. The van der Waals surface area contributed by atoms with Crippen LogP contribution in [0.25, 0.3) is 33.5 Å². The average Bonchev–Trinajstić information content (AvgIpc) is 3.52. The lowest BCUT2D eigenvalue weighted by atomic mass is 9.96. The second kappa shape index (κ2) is 11.7. The van der Waals surface area contributed by atoms with Crippen LogP contribution in [-0.4, -0.2) is 44.1 Å². The minimum atomic E-state index is -0.742. The number of fused-ring (bicyclic) bond motifs is 1. The first-order valence-corrected chi connectivity index (χ1v) is 13.1. The zero-order chi connectivity index (χ0) is 28.9. The van der Waals surface area contributed by atoms with Gasteiger partial charge in [0.05, 0.1) is 48.0 Å². The van der Waals surface area contributed by atoms with Gasteiger partial charge in [-0.3, -0.25) is 15.2 Å². The molecule has 0 spiro atoms. The van der Waals surface area contributed by atoms with E-state index in [1.54, 1.807) is 41.3 Å². The third-order valence-corrected chi connectivity index (χ3v) is 6.64. The highest BCUT2D eigenvalue weighted by molar-refractivity contribution is 6.10. The van der Waals surface area contributed by atoms with Crippen LogP contribution >= 0.6 is 0 Å². The minimum absolute atomic E-state index is 0.175. The Balaban J connectivity index is 1.51. The van der Waals surface area contributed by atoms with Crippen LogP contribution < -0.4 is 10.4 Å². The van der Waals surface area contributed by atoms with Crippen molar-refractivity contribution in [3.8, 4) is 22.6 Å². The topological polar surface area (TPSA) is 115 Å². The number of benzene rings is 3. The van der Waals surface area contributed by atoms with Gasteiger partial charge < -0.3 is 4.74 Å². The van der Waals surface area contributed by atoms with Crippen LogP contribution in [0.1, 0.15) is 15.9 Å². The highest BCUT2D eigenvalue weighted by Gasteiger charge is 2.26. The summed E-state index contributed by atoms with van der Waals surface area (Å²) < 4.78 is 6.63. The summed E-state index contributed by atoms with van der Waals surface area (Å²) in [6.07, 6.45) is 2.73. The first-order valence-electron chi connectivity index (χ1n) is 13.1. The summed E-state index contributed by atoms with van der Waals surface area (Å²) in [6, 6.07) is 31.3. The predicted octanol–water partition coefficient (Wildman–Crippen LogP) is 5.52. The maximum atomic E-state index is 14.2. The van der Waals surface area contributed by atoms with Crippen LogP contribution in [0.3, 0.4) is 0 Å². The SMILES string of the molecule is COC(=O)N(NC(=O)c1c(Cn2cc(-c3ccccn3)nn2)c(-c2ccccc2)nc2ccccc12)c1ccccc1. The molecule has 3 aromatic carbocycles. The Hall–Kier alpha value is -5.90. The second-order valence-electron chi connectivity index (χ2n) is 9.30. The molecule has 3 heterocycles. The van der Waals surface area contributed by atoms with Gasteiger partial charge in [0.25, 0.3) is 5.91 Å². The number of rotatable bonds is 6. The number of amides is 2. The molecule has 0 unspecified atom stereocenters. The molecular formula is C32H25N7O3. The zero-order valence-corrected chi connectivity index (χ0v) is 22.6. The van der Waals surface area contributed by atoms with Crippen LogP contribution in [-0.2, 0) is 11.3 Å². The van der Waals surface area contributed by atoms with Crippen molar-refractivity contribution in [1.29, 1.82) is 0 Å². The van der Waals surface area contributed by atoms with E-state index in [4.69, 9.17) is 9.72 Å². The lowest BCUT2D eigenvalue weighted by Crippen LogP contribution is -2.47. The molecular weight excluding hydrogens is 530 g/mol. The van der Waals surface area contributed by atoms with Crippen LogP contribution in [0.15, 0.2) is 116 Å². The number of ether oxygens (including phenoxy) is 1. The number of carbonyl (C=O) groups excluding carboxylic acids is 2. The number of anilines is 1. The van der Waals surface area contributed by atoms with Crippen LogP contribution in [0, 0.1) is 0 Å². The number of aromatic nitrogens is 5. The van der Waals surface area contributed by atoms with Gasteiger partial charge >= 0.3 is 6.09 Å². The molecule has 0 fully saturated rings. The highest BCUT2D eigenvalue weighted by atomic mass is 16.5. The quantitative estimate of drug-likeness (QED) is 0.269. The molecule has 1 N–H and O–H groups in total. The van der Waals surface area contributed by atoms with Gasteiger partial charge in [-0.05, 0) is 30.3 Å². The number of hydrogen-bond donors (Lipinski definition) is 1. The molecule has 10 nitrogen and oxygen atoms in total. The number of carbonyl (C=O) groups is 2. The van der Waals surface area contributed by atoms with E-state index in [2.05, 4.69) is 20.7 Å². The van der Waals surface area contributed by atoms with Crippen molar-refractivity contribution in [2.24, 2.45) is 0 Å². The van der Waals surface area contributed by atoms with E-state index in [1.807, 2.05) is 78.9 Å². The summed E-state index contributed by atoms with van der Waals surface area (Å²) in [5, 5.41) is 10.3. The standard InChI is InChI=1S/C32H25N7O3/c1-42-32(41)39(23-14-6-3-7-15-23)36-31(40)29-24-16-8-9-17-26(24)34-30(22-12-4-2-5-13-22)25(29)20-38-21-28(35-37-38)27-18-10-11-19-33-27/h2-19,21H,20H2,1H3,(H,36,40). The van der Waals surface area contributed by atoms with E-state index >= 15 is 0 Å². The molecule has 6 rings (SSSR count). The van der Waals surface area contributed by atoms with Gasteiger partial charge in [-0.2, -0.15) is 5.01 Å². The van der Waals surface area contributed by atoms with E-state index in [0.29, 0.717) is 44.8 Å². The van der Waals surface area contributed by atoms with E-state index < -0.39 is 12.0 Å². The van der Waals surface area contributed by atoms with Crippen molar-refractivity contribution < 1.29 is 14.3 Å². The first kappa shape index (κ1) is 26.3. The van der Waals surface area contributed by atoms with Crippen molar-refractivity contribution in [3.05, 3.63) is 127 Å². The van der Waals surface area contributed by atoms with Crippen molar-refractivity contribution in [2.45, 2.75) is 6.54 Å². The minimum Gasteiger partial charge on any atom is -0.451 e. The number of para-hydroxylation sites is 2. The smallest absolute Gasteiger partial charge is 0.433 e. The fourth-order valence-electron chi connectivity index (χ4n) is 4.71. The van der Waals surface area contributed by atoms with E-state index in [-0.39, 0.29) is 6.54 Å². The summed E-state index contributed by atoms with van der Waals surface area (Å²) in [6.45, 7) is 0.175. The number of nitrogens with zero attached hydrogens (tertiary/aromatic N) is 6. The Morgan fingerprint density at radius 2 is 1.57 bits per heavy atom. The van der Waals surface area contributed by atoms with E-state index in [0.717, 1.165) is 10.6 Å². The first-order chi connectivity index (χ1) is 20.6. The number of hydrazine groups is 1. The van der Waals surface area contributed by atoms with Crippen LogP contribution in [0.4, 0.5) is 10.5 Å². The molecule has 0 bridgehead atoms. The van der Waals surface area contributed by atoms with Gasteiger partial charge in [-0.25, -0.2) is 14.5 Å². The molecule has 2 amide bonds. The molecule has 0 aliphatic heterocycles. The van der Waals surface area contributed by atoms with Gasteiger partial charge in [0.15, 0.2) is 0 Å². The Morgan fingerprint density at radius 3 is 2.31 bits per heavy atom. The molecule has 0 aliphatic rings. The second-order valence-corrected chi connectivity index (χ2v) is 9.30. The molecule has 206 valence electrons. The lowest BCUT2D eigenvalue weighted by Gasteiger charge is -2.23. The molecule has 42 heavy (non-hydrogen) atoms. The third-order valence-electron chi connectivity index (χ3n) is 6.64. The molecule has 0 atom stereocenters. The summed E-state index contributed by atoms with van der Waals surface area (Å²) in [7, 11) is 1.26. The predicted molar refractivity (Wildman–Crippen MR) is 158 cm³/mol. The van der Waals surface area contributed by atoms with Gasteiger partial charge in [0.2, 0.25) is 0 Å². The van der Waals surface area contributed by atoms with Crippen molar-refractivity contribution in [2.75, 3.05) is 12.1 Å². The Morgan fingerprint density at radius 1 is 0.857 bits per heavy atom. The van der Waals surface area contributed by atoms with Gasteiger partial charge in [0.1, 0.15) is 5.69 Å². The van der Waals surface area contributed by atoms with Gasteiger partial charge in [0, 0.05) is 22.7 Å². The Kier molecular flexibility index (Phi) is 7.33. The Labute approximate surface area is 241 Å². The maximum Gasteiger partial charge on any atom is 0.433 e. The largest absolute Gasteiger partial charge is 0.451 e. The molecule has 0 aliphatic carbocycles. The van der Waals surface area contributed by atoms with E-state index in [9.17, 15) is 9.59 Å². The van der Waals surface area contributed by atoms with Crippen molar-refractivity contribution >= 4 is 28.6 Å². The van der Waals surface area contributed by atoms with Gasteiger partial charge in [-0.1, -0.05) is 78.0 Å². The third kappa shape index (κ3) is 5.28. The normalized spacial score (nSPS) is 10.8. The summed E-state index contributed by atoms with van der Waals surface area (Å²) in [5.74, 6) is -0.514. The van der Waals surface area contributed by atoms with Crippen molar-refractivity contribution in [1.82, 2.24) is 30.4 Å².